The number of piperazine rings is 1. The number of aromatic amines is 2. The van der Waals surface area contributed by atoms with Crippen molar-refractivity contribution in [3.8, 4) is 0 Å². The van der Waals surface area contributed by atoms with E-state index in [2.05, 4.69) is 21.9 Å². The van der Waals surface area contributed by atoms with E-state index in [0.29, 0.717) is 10.3 Å². The number of amides is 1. The average Bonchev–Trinajstić information content (AvgIpc) is 2.77. The topological polar surface area (TPSA) is 55.1 Å². The molecule has 5 nitrogen and oxygen atoms in total. The first-order chi connectivity index (χ1) is 9.13. The molecule has 0 bridgehead atoms. The summed E-state index contributed by atoms with van der Waals surface area (Å²) in [4.78, 5) is 22.6. The second-order valence-corrected chi connectivity index (χ2v) is 5.34. The molecule has 2 heterocycles. The van der Waals surface area contributed by atoms with Crippen LogP contribution in [0.3, 0.4) is 0 Å². The molecule has 3 rings (SSSR count). The number of imidazole rings is 1. The number of carbonyl (C=O) groups excluding carboxylic acids is 1. The molecule has 0 saturated carbocycles. The molecular formula is C13H16N4OS. The van der Waals surface area contributed by atoms with Gasteiger partial charge in [0.2, 0.25) is 0 Å². The second kappa shape index (κ2) is 4.79. The standard InChI is InChI=1S/C13H16N4OS/c1-16-4-6-17(7-5-16)12(18)9-2-3-10-11(8-9)15-13(19)14-10/h2-3,8H,4-7H2,1H3,(H2,14,15,19). The van der Waals surface area contributed by atoms with Crippen molar-refractivity contribution in [2.24, 2.45) is 0 Å². The highest BCUT2D eigenvalue weighted by Gasteiger charge is 2.20. The number of H-pyrrole nitrogens is 2. The number of hydrogen-bond acceptors (Lipinski definition) is 3. The van der Waals surface area contributed by atoms with Gasteiger partial charge in [-0.15, -0.1) is 0 Å². The minimum atomic E-state index is 0.0931. The number of nitrogens with zero attached hydrogens (tertiary/aromatic N) is 2. The van der Waals surface area contributed by atoms with Crippen LogP contribution in [0.4, 0.5) is 0 Å². The minimum absolute atomic E-state index is 0.0931. The molecule has 0 radical (unpaired) electrons. The predicted octanol–water partition coefficient (Wildman–Crippen LogP) is 1.61. The second-order valence-electron chi connectivity index (χ2n) is 4.93. The zero-order valence-electron chi connectivity index (χ0n) is 10.8. The largest absolute Gasteiger partial charge is 0.336 e. The third kappa shape index (κ3) is 2.41. The Morgan fingerprint density at radius 3 is 2.58 bits per heavy atom. The van der Waals surface area contributed by atoms with Crippen LogP contribution in [0.1, 0.15) is 10.4 Å². The van der Waals surface area contributed by atoms with Gasteiger partial charge in [0.05, 0.1) is 11.0 Å². The number of rotatable bonds is 1. The molecule has 2 aromatic rings. The van der Waals surface area contributed by atoms with Crippen molar-refractivity contribution < 1.29 is 4.79 Å². The molecule has 0 spiro atoms. The van der Waals surface area contributed by atoms with E-state index in [4.69, 9.17) is 12.2 Å². The van der Waals surface area contributed by atoms with Crippen LogP contribution in [0.5, 0.6) is 0 Å². The monoisotopic (exact) mass is 276 g/mol. The first-order valence-corrected chi connectivity index (χ1v) is 6.74. The maximum atomic E-state index is 12.4. The first-order valence-electron chi connectivity index (χ1n) is 6.33. The summed E-state index contributed by atoms with van der Waals surface area (Å²) in [5.74, 6) is 0.0931. The molecule has 100 valence electrons. The van der Waals surface area contributed by atoms with Crippen LogP contribution in [0.2, 0.25) is 0 Å². The van der Waals surface area contributed by atoms with E-state index in [9.17, 15) is 4.79 Å². The molecule has 1 saturated heterocycles. The Morgan fingerprint density at radius 1 is 1.16 bits per heavy atom. The van der Waals surface area contributed by atoms with E-state index in [1.807, 2.05) is 23.1 Å². The highest BCUT2D eigenvalue weighted by Crippen LogP contribution is 2.15. The van der Waals surface area contributed by atoms with E-state index in [-0.39, 0.29) is 5.91 Å². The van der Waals surface area contributed by atoms with Crippen LogP contribution in [-0.4, -0.2) is 58.9 Å². The predicted molar refractivity (Wildman–Crippen MR) is 76.9 cm³/mol. The SMILES string of the molecule is CN1CCN(C(=O)c2ccc3[nH]c(=S)[nH]c3c2)CC1. The summed E-state index contributed by atoms with van der Waals surface area (Å²) >= 11 is 5.05. The maximum absolute atomic E-state index is 12.4. The number of fused-ring (bicyclic) bond motifs is 1. The molecule has 0 aliphatic carbocycles. The van der Waals surface area contributed by atoms with Gasteiger partial charge in [0.25, 0.3) is 5.91 Å². The Kier molecular flexibility index (Phi) is 3.12. The van der Waals surface area contributed by atoms with Gasteiger partial charge in [0.15, 0.2) is 4.77 Å². The van der Waals surface area contributed by atoms with Gasteiger partial charge in [0.1, 0.15) is 0 Å². The van der Waals surface area contributed by atoms with Crippen molar-refractivity contribution >= 4 is 29.2 Å². The molecule has 2 N–H and O–H groups in total. The lowest BCUT2D eigenvalue weighted by Gasteiger charge is -2.32. The first kappa shape index (κ1) is 12.4. The van der Waals surface area contributed by atoms with Crippen molar-refractivity contribution in [3.05, 3.63) is 28.5 Å². The van der Waals surface area contributed by atoms with Crippen LogP contribution in [0.25, 0.3) is 11.0 Å². The van der Waals surface area contributed by atoms with Crippen molar-refractivity contribution in [2.75, 3.05) is 33.2 Å². The molecule has 1 aromatic heterocycles. The Hall–Kier alpha value is -1.66. The molecule has 0 atom stereocenters. The van der Waals surface area contributed by atoms with Gasteiger partial charge in [0, 0.05) is 31.7 Å². The Morgan fingerprint density at radius 2 is 1.84 bits per heavy atom. The zero-order valence-corrected chi connectivity index (χ0v) is 11.6. The zero-order chi connectivity index (χ0) is 13.4. The number of aromatic nitrogens is 2. The fourth-order valence-electron chi connectivity index (χ4n) is 2.36. The Labute approximate surface area is 116 Å². The minimum Gasteiger partial charge on any atom is -0.336 e. The Balaban J connectivity index is 1.86. The lowest BCUT2D eigenvalue weighted by molar-refractivity contribution is 0.0664. The number of carbonyl (C=O) groups is 1. The molecule has 1 amide bonds. The summed E-state index contributed by atoms with van der Waals surface area (Å²) in [7, 11) is 2.08. The summed E-state index contributed by atoms with van der Waals surface area (Å²) in [5, 5.41) is 0. The average molecular weight is 276 g/mol. The summed E-state index contributed by atoms with van der Waals surface area (Å²) in [6.07, 6.45) is 0. The highest BCUT2D eigenvalue weighted by molar-refractivity contribution is 7.71. The summed E-state index contributed by atoms with van der Waals surface area (Å²) in [5.41, 5.74) is 2.52. The molecule has 1 fully saturated rings. The van der Waals surface area contributed by atoms with Gasteiger partial charge >= 0.3 is 0 Å². The molecule has 19 heavy (non-hydrogen) atoms. The third-order valence-corrected chi connectivity index (χ3v) is 3.76. The summed E-state index contributed by atoms with van der Waals surface area (Å²) in [6, 6.07) is 5.61. The van der Waals surface area contributed by atoms with Crippen LogP contribution in [0.15, 0.2) is 18.2 Å². The molecule has 6 heteroatoms. The van der Waals surface area contributed by atoms with Gasteiger partial charge < -0.3 is 19.8 Å². The smallest absolute Gasteiger partial charge is 0.254 e. The quantitative estimate of drug-likeness (QED) is 0.778. The normalized spacial score (nSPS) is 17.0. The third-order valence-electron chi connectivity index (χ3n) is 3.55. The summed E-state index contributed by atoms with van der Waals surface area (Å²) in [6.45, 7) is 3.44. The molecule has 1 aliphatic rings. The van der Waals surface area contributed by atoms with E-state index < -0.39 is 0 Å². The van der Waals surface area contributed by atoms with E-state index >= 15 is 0 Å². The van der Waals surface area contributed by atoms with Crippen LogP contribution in [0, 0.1) is 4.77 Å². The lowest BCUT2D eigenvalue weighted by Crippen LogP contribution is -2.47. The molecule has 1 aromatic carbocycles. The van der Waals surface area contributed by atoms with Gasteiger partial charge in [-0.05, 0) is 37.5 Å². The van der Waals surface area contributed by atoms with Gasteiger partial charge in [-0.1, -0.05) is 0 Å². The van der Waals surface area contributed by atoms with Gasteiger partial charge in [-0.25, -0.2) is 0 Å². The molecular weight excluding hydrogens is 260 g/mol. The maximum Gasteiger partial charge on any atom is 0.254 e. The Bertz CT molecular complexity index is 667. The van der Waals surface area contributed by atoms with Crippen molar-refractivity contribution in [1.29, 1.82) is 0 Å². The number of likely N-dealkylation sites (N-methyl/N-ethyl adjacent to an activating group) is 1. The van der Waals surface area contributed by atoms with Crippen molar-refractivity contribution in [2.45, 2.75) is 0 Å². The van der Waals surface area contributed by atoms with Crippen LogP contribution in [-0.2, 0) is 0 Å². The lowest BCUT2D eigenvalue weighted by atomic mass is 10.1. The molecule has 0 unspecified atom stereocenters. The van der Waals surface area contributed by atoms with Crippen LogP contribution >= 0.6 is 12.2 Å². The molecule has 1 aliphatic heterocycles. The van der Waals surface area contributed by atoms with E-state index in [0.717, 1.165) is 37.2 Å². The van der Waals surface area contributed by atoms with E-state index in [1.165, 1.54) is 0 Å². The van der Waals surface area contributed by atoms with Gasteiger partial charge in [-0.3, -0.25) is 4.79 Å². The van der Waals surface area contributed by atoms with E-state index in [1.54, 1.807) is 0 Å². The highest BCUT2D eigenvalue weighted by atomic mass is 32.1. The van der Waals surface area contributed by atoms with Crippen LogP contribution < -0.4 is 0 Å². The number of benzene rings is 1. The number of hydrogen-bond donors (Lipinski definition) is 2. The fourth-order valence-corrected chi connectivity index (χ4v) is 2.58. The fraction of sp³-hybridized carbons (Fsp3) is 0.385. The number of nitrogens with one attached hydrogen (secondary N) is 2. The summed E-state index contributed by atoms with van der Waals surface area (Å²) < 4.78 is 0.583. The van der Waals surface area contributed by atoms with Crippen molar-refractivity contribution in [1.82, 2.24) is 19.8 Å². The van der Waals surface area contributed by atoms with Crippen molar-refractivity contribution in [3.63, 3.8) is 0 Å². The van der Waals surface area contributed by atoms with Gasteiger partial charge in [-0.2, -0.15) is 0 Å².